The highest BCUT2D eigenvalue weighted by Crippen LogP contribution is 2.29. The van der Waals surface area contributed by atoms with Crippen molar-refractivity contribution in [2.45, 2.75) is 50.6 Å². The van der Waals surface area contributed by atoms with E-state index >= 15 is 0 Å². The van der Waals surface area contributed by atoms with Crippen molar-refractivity contribution in [2.75, 3.05) is 6.54 Å². The van der Waals surface area contributed by atoms with E-state index in [1.165, 1.54) is 36.6 Å². The Balaban J connectivity index is 1.33. The predicted molar refractivity (Wildman–Crippen MR) is 95.4 cm³/mol. The van der Waals surface area contributed by atoms with E-state index in [0.717, 1.165) is 18.4 Å². The average molecular weight is 326 g/mol. The van der Waals surface area contributed by atoms with E-state index in [2.05, 4.69) is 39.4 Å². The monoisotopic (exact) mass is 326 g/mol. The number of amides is 1. The molecular weight excluding hydrogens is 300 g/mol. The lowest BCUT2D eigenvalue weighted by atomic mass is 9.89. The summed E-state index contributed by atoms with van der Waals surface area (Å²) in [6, 6.07) is 8.66. The molecule has 128 valence electrons. The Morgan fingerprint density at radius 1 is 1.12 bits per heavy atom. The lowest BCUT2D eigenvalue weighted by molar-refractivity contribution is -0.123. The average Bonchev–Trinajstić information content (AvgIpc) is 3.12. The molecule has 5 heteroatoms. The van der Waals surface area contributed by atoms with E-state index in [-0.39, 0.29) is 11.9 Å². The Kier molecular flexibility index (Phi) is 4.54. The Morgan fingerprint density at radius 3 is 2.96 bits per heavy atom. The molecule has 3 unspecified atom stereocenters. The second-order valence-electron chi connectivity index (χ2n) is 7.08. The van der Waals surface area contributed by atoms with Crippen molar-refractivity contribution in [3.05, 3.63) is 36.0 Å². The molecule has 3 atom stereocenters. The molecule has 2 aromatic rings. The molecule has 5 nitrogen and oxygen atoms in total. The van der Waals surface area contributed by atoms with Gasteiger partial charge < -0.3 is 10.3 Å². The van der Waals surface area contributed by atoms with Crippen molar-refractivity contribution in [1.82, 2.24) is 21.2 Å². The van der Waals surface area contributed by atoms with Crippen molar-refractivity contribution in [3.8, 4) is 0 Å². The number of aromatic nitrogens is 1. The highest BCUT2D eigenvalue weighted by molar-refractivity contribution is 5.84. The lowest BCUT2D eigenvalue weighted by Gasteiger charge is -2.20. The number of nitrogens with one attached hydrogen (secondary N) is 4. The fourth-order valence-electron chi connectivity index (χ4n) is 4.25. The number of para-hydroxylation sites is 1. The molecule has 1 saturated carbocycles. The molecule has 0 radical (unpaired) electrons. The van der Waals surface area contributed by atoms with E-state index in [4.69, 9.17) is 0 Å². The molecule has 1 amide bonds. The Bertz CT molecular complexity index is 710. The van der Waals surface area contributed by atoms with Crippen molar-refractivity contribution < 1.29 is 4.79 Å². The van der Waals surface area contributed by atoms with Crippen LogP contribution >= 0.6 is 0 Å². The zero-order valence-corrected chi connectivity index (χ0v) is 14.0. The third-order valence-corrected chi connectivity index (χ3v) is 5.57. The minimum atomic E-state index is -0.0870. The van der Waals surface area contributed by atoms with E-state index in [1.807, 2.05) is 12.3 Å². The van der Waals surface area contributed by atoms with Crippen LogP contribution in [0.25, 0.3) is 10.9 Å². The molecule has 1 aliphatic carbocycles. The first-order valence-electron chi connectivity index (χ1n) is 9.17. The van der Waals surface area contributed by atoms with Gasteiger partial charge in [0, 0.05) is 35.6 Å². The van der Waals surface area contributed by atoms with Gasteiger partial charge in [-0.15, -0.1) is 0 Å². The van der Waals surface area contributed by atoms with Gasteiger partial charge in [0.2, 0.25) is 5.91 Å². The third kappa shape index (κ3) is 3.06. The molecule has 2 heterocycles. The first-order chi connectivity index (χ1) is 11.8. The van der Waals surface area contributed by atoms with Gasteiger partial charge in [-0.25, -0.2) is 5.43 Å². The molecular formula is C19H26N4O. The predicted octanol–water partition coefficient (Wildman–Crippen LogP) is 2.25. The molecule has 0 spiro atoms. The summed E-state index contributed by atoms with van der Waals surface area (Å²) in [6.45, 7) is 0.677. The number of hydrogen-bond acceptors (Lipinski definition) is 3. The van der Waals surface area contributed by atoms with Crippen molar-refractivity contribution in [2.24, 2.45) is 5.92 Å². The molecule has 2 aliphatic rings. The number of carbonyl (C=O) groups is 1. The SMILES string of the molecule is O=C(NCCc1c[nH]c2ccccc12)C1NNC2CCCCCC21. The lowest BCUT2D eigenvalue weighted by Crippen LogP contribution is -2.46. The molecule has 4 rings (SSSR count). The Morgan fingerprint density at radius 2 is 2.00 bits per heavy atom. The topological polar surface area (TPSA) is 69.0 Å². The van der Waals surface area contributed by atoms with Crippen molar-refractivity contribution in [3.63, 3.8) is 0 Å². The van der Waals surface area contributed by atoms with Crippen LogP contribution in [0.3, 0.4) is 0 Å². The van der Waals surface area contributed by atoms with Crippen LogP contribution in [-0.4, -0.2) is 29.5 Å². The van der Waals surface area contributed by atoms with Crippen LogP contribution < -0.4 is 16.2 Å². The number of fused-ring (bicyclic) bond motifs is 2. The molecule has 0 bridgehead atoms. The van der Waals surface area contributed by atoms with Crippen LogP contribution in [0.5, 0.6) is 0 Å². The number of hydrogen-bond donors (Lipinski definition) is 4. The summed E-state index contributed by atoms with van der Waals surface area (Å²) in [7, 11) is 0. The van der Waals surface area contributed by atoms with Gasteiger partial charge in [-0.05, 0) is 30.9 Å². The first-order valence-corrected chi connectivity index (χ1v) is 9.17. The van der Waals surface area contributed by atoms with Gasteiger partial charge in [0.25, 0.3) is 0 Å². The van der Waals surface area contributed by atoms with Gasteiger partial charge in [-0.2, -0.15) is 0 Å². The number of aromatic amines is 1. The normalized spacial score (nSPS) is 26.9. The second kappa shape index (κ2) is 6.95. The smallest absolute Gasteiger partial charge is 0.238 e. The number of H-pyrrole nitrogens is 1. The van der Waals surface area contributed by atoms with Gasteiger partial charge in [-0.1, -0.05) is 37.5 Å². The molecule has 1 saturated heterocycles. The van der Waals surface area contributed by atoms with Gasteiger partial charge in [0.05, 0.1) is 0 Å². The van der Waals surface area contributed by atoms with Gasteiger partial charge >= 0.3 is 0 Å². The quantitative estimate of drug-likeness (QED) is 0.697. The number of benzene rings is 1. The zero-order chi connectivity index (χ0) is 16.4. The summed E-state index contributed by atoms with van der Waals surface area (Å²) < 4.78 is 0. The van der Waals surface area contributed by atoms with Crippen LogP contribution in [-0.2, 0) is 11.2 Å². The van der Waals surface area contributed by atoms with E-state index in [1.54, 1.807) is 0 Å². The van der Waals surface area contributed by atoms with Crippen LogP contribution in [0.15, 0.2) is 30.5 Å². The summed E-state index contributed by atoms with van der Waals surface area (Å²) in [5.41, 5.74) is 8.99. The van der Waals surface area contributed by atoms with Gasteiger partial charge in [0.15, 0.2) is 0 Å². The summed E-state index contributed by atoms with van der Waals surface area (Å²) in [6.07, 6.45) is 9.03. The first kappa shape index (κ1) is 15.7. The Hall–Kier alpha value is -1.85. The summed E-state index contributed by atoms with van der Waals surface area (Å²) in [4.78, 5) is 15.9. The molecule has 4 N–H and O–H groups in total. The minimum absolute atomic E-state index is 0.0870. The maximum absolute atomic E-state index is 12.6. The van der Waals surface area contributed by atoms with Gasteiger partial charge in [0.1, 0.15) is 6.04 Å². The molecule has 1 aliphatic heterocycles. The summed E-state index contributed by atoms with van der Waals surface area (Å²) in [5.74, 6) is 0.567. The van der Waals surface area contributed by atoms with Crippen molar-refractivity contribution >= 4 is 16.8 Å². The fourth-order valence-corrected chi connectivity index (χ4v) is 4.25. The summed E-state index contributed by atoms with van der Waals surface area (Å²) >= 11 is 0. The number of carbonyl (C=O) groups excluding carboxylic acids is 1. The highest BCUT2D eigenvalue weighted by atomic mass is 16.2. The van der Waals surface area contributed by atoms with E-state index < -0.39 is 0 Å². The van der Waals surface area contributed by atoms with E-state index in [0.29, 0.717) is 18.5 Å². The van der Waals surface area contributed by atoms with E-state index in [9.17, 15) is 4.79 Å². The fraction of sp³-hybridized carbons (Fsp3) is 0.526. The maximum atomic E-state index is 12.6. The van der Waals surface area contributed by atoms with Crippen LogP contribution in [0.2, 0.25) is 0 Å². The summed E-state index contributed by atoms with van der Waals surface area (Å²) in [5, 5.41) is 4.37. The molecule has 1 aromatic heterocycles. The van der Waals surface area contributed by atoms with Crippen molar-refractivity contribution in [1.29, 1.82) is 0 Å². The highest BCUT2D eigenvalue weighted by Gasteiger charge is 2.39. The minimum Gasteiger partial charge on any atom is -0.361 e. The Labute approximate surface area is 142 Å². The molecule has 2 fully saturated rings. The van der Waals surface area contributed by atoms with Crippen LogP contribution in [0, 0.1) is 5.92 Å². The van der Waals surface area contributed by atoms with Gasteiger partial charge in [-0.3, -0.25) is 10.2 Å². The number of rotatable bonds is 4. The largest absolute Gasteiger partial charge is 0.361 e. The second-order valence-corrected chi connectivity index (χ2v) is 7.08. The van der Waals surface area contributed by atoms with Crippen LogP contribution in [0.1, 0.15) is 37.7 Å². The standard InChI is InChI=1S/C19H26N4O/c24-19(18-15-7-2-1-3-9-17(15)22-23-18)20-11-10-13-12-21-16-8-5-4-6-14(13)16/h4-6,8,12,15,17-18,21-23H,1-3,7,9-11H2,(H,20,24). The number of hydrazine groups is 1. The molecule has 24 heavy (non-hydrogen) atoms. The zero-order valence-electron chi connectivity index (χ0n) is 14.0. The maximum Gasteiger partial charge on any atom is 0.238 e. The van der Waals surface area contributed by atoms with Crippen LogP contribution in [0.4, 0.5) is 0 Å². The third-order valence-electron chi connectivity index (χ3n) is 5.57. The molecule has 1 aromatic carbocycles.